The zero-order valence-corrected chi connectivity index (χ0v) is 14.9. The van der Waals surface area contributed by atoms with Crippen molar-refractivity contribution in [1.82, 2.24) is 4.57 Å². The molecule has 0 fully saturated rings. The molecule has 0 amide bonds. The molecule has 7 heteroatoms. The van der Waals surface area contributed by atoms with E-state index < -0.39 is 18.5 Å². The van der Waals surface area contributed by atoms with Crippen LogP contribution in [0.25, 0.3) is 11.1 Å². The molecule has 26 heavy (non-hydrogen) atoms. The molecule has 136 valence electrons. The maximum atomic E-state index is 13.6. The topological polar surface area (TPSA) is 25.2 Å². The molecule has 0 aliphatic heterocycles. The third-order valence-corrected chi connectivity index (χ3v) is 4.52. The summed E-state index contributed by atoms with van der Waals surface area (Å²) in [7, 11) is 0. The Balaban J connectivity index is 2.16. The van der Waals surface area contributed by atoms with E-state index in [2.05, 4.69) is 0 Å². The molecule has 1 heterocycles. The Kier molecular flexibility index (Phi) is 5.32. The van der Waals surface area contributed by atoms with E-state index >= 15 is 0 Å². The summed E-state index contributed by atoms with van der Waals surface area (Å²) >= 11 is 11.8. The standard InChI is InChI=1S/C19H14Cl2F3NO/c20-14-6-4-13(5-7-14)16-9-18(19(22,23)24)25(17(16)11-26)10-12-2-1-3-15(21)8-12/h1-9,26H,10-11H2. The minimum atomic E-state index is -4.56. The first kappa shape index (κ1) is 18.8. The molecule has 3 rings (SSSR count). The van der Waals surface area contributed by atoms with Crippen LogP contribution in [0.5, 0.6) is 0 Å². The van der Waals surface area contributed by atoms with Crippen molar-refractivity contribution in [3.8, 4) is 11.1 Å². The Morgan fingerprint density at radius 1 is 0.923 bits per heavy atom. The van der Waals surface area contributed by atoms with E-state index in [1.165, 1.54) is 0 Å². The van der Waals surface area contributed by atoms with Crippen molar-refractivity contribution in [2.45, 2.75) is 19.3 Å². The van der Waals surface area contributed by atoms with Gasteiger partial charge in [-0.05, 0) is 41.5 Å². The molecular formula is C19H14Cl2F3NO. The van der Waals surface area contributed by atoms with Gasteiger partial charge in [0, 0.05) is 22.2 Å². The molecule has 2 nitrogen and oxygen atoms in total. The number of alkyl halides is 3. The lowest BCUT2D eigenvalue weighted by Crippen LogP contribution is -2.16. The molecule has 0 aliphatic carbocycles. The molecule has 0 saturated heterocycles. The number of nitrogens with zero attached hydrogens (tertiary/aromatic N) is 1. The fraction of sp³-hybridized carbons (Fsp3) is 0.158. The Hall–Kier alpha value is -1.95. The molecule has 0 atom stereocenters. The van der Waals surface area contributed by atoms with Crippen LogP contribution in [0.2, 0.25) is 10.0 Å². The quantitative estimate of drug-likeness (QED) is 0.569. The lowest BCUT2D eigenvalue weighted by molar-refractivity contribution is -0.143. The number of aromatic nitrogens is 1. The lowest BCUT2D eigenvalue weighted by atomic mass is 10.1. The van der Waals surface area contributed by atoms with Crippen LogP contribution in [0.1, 0.15) is 17.0 Å². The van der Waals surface area contributed by atoms with E-state index in [9.17, 15) is 18.3 Å². The molecule has 2 aromatic carbocycles. The van der Waals surface area contributed by atoms with Crippen molar-refractivity contribution in [1.29, 1.82) is 0 Å². The van der Waals surface area contributed by atoms with Crippen LogP contribution in [-0.2, 0) is 19.3 Å². The van der Waals surface area contributed by atoms with Gasteiger partial charge in [-0.15, -0.1) is 0 Å². The average molecular weight is 400 g/mol. The summed E-state index contributed by atoms with van der Waals surface area (Å²) < 4.78 is 41.8. The first-order valence-electron chi connectivity index (χ1n) is 7.70. The van der Waals surface area contributed by atoms with Gasteiger partial charge in [-0.1, -0.05) is 47.5 Å². The van der Waals surface area contributed by atoms with Crippen molar-refractivity contribution in [3.05, 3.63) is 81.6 Å². The molecule has 0 bridgehead atoms. The van der Waals surface area contributed by atoms with E-state index in [1.807, 2.05) is 0 Å². The molecule has 3 aromatic rings. The number of hydrogen-bond acceptors (Lipinski definition) is 1. The molecule has 0 aliphatic rings. The Labute approximate surface area is 158 Å². The summed E-state index contributed by atoms with van der Waals surface area (Å²) in [5.74, 6) is 0. The third kappa shape index (κ3) is 3.90. The van der Waals surface area contributed by atoms with Gasteiger partial charge in [-0.25, -0.2) is 0 Å². The minimum absolute atomic E-state index is 0.0567. The SMILES string of the molecule is OCc1c(-c2ccc(Cl)cc2)cc(C(F)(F)F)n1Cc1cccc(Cl)c1. The average Bonchev–Trinajstić information content (AvgIpc) is 2.94. The maximum Gasteiger partial charge on any atom is 0.431 e. The molecule has 0 spiro atoms. The van der Waals surface area contributed by atoms with Crippen molar-refractivity contribution in [3.63, 3.8) is 0 Å². The van der Waals surface area contributed by atoms with Crippen LogP contribution in [-0.4, -0.2) is 9.67 Å². The Morgan fingerprint density at radius 3 is 2.19 bits per heavy atom. The fourth-order valence-corrected chi connectivity index (χ4v) is 3.21. The summed E-state index contributed by atoms with van der Waals surface area (Å²) in [6.45, 7) is -0.590. The van der Waals surface area contributed by atoms with Gasteiger partial charge in [-0.3, -0.25) is 0 Å². The Bertz CT molecular complexity index is 918. The summed E-state index contributed by atoms with van der Waals surface area (Å²) in [5.41, 5.74) is 0.828. The van der Waals surface area contributed by atoms with Gasteiger partial charge >= 0.3 is 6.18 Å². The molecule has 0 radical (unpaired) electrons. The van der Waals surface area contributed by atoms with Gasteiger partial charge in [-0.2, -0.15) is 13.2 Å². The fourth-order valence-electron chi connectivity index (χ4n) is 2.87. The molecule has 1 aromatic heterocycles. The van der Waals surface area contributed by atoms with E-state index in [-0.39, 0.29) is 12.2 Å². The van der Waals surface area contributed by atoms with E-state index in [1.54, 1.807) is 48.5 Å². The van der Waals surface area contributed by atoms with Crippen LogP contribution in [0.4, 0.5) is 13.2 Å². The third-order valence-electron chi connectivity index (χ3n) is 4.03. The van der Waals surface area contributed by atoms with E-state index in [4.69, 9.17) is 23.2 Å². The molecule has 0 unspecified atom stereocenters. The monoisotopic (exact) mass is 399 g/mol. The van der Waals surface area contributed by atoms with Crippen LogP contribution >= 0.6 is 23.2 Å². The highest BCUT2D eigenvalue weighted by Gasteiger charge is 2.36. The highest BCUT2D eigenvalue weighted by Crippen LogP contribution is 2.37. The maximum absolute atomic E-state index is 13.6. The Morgan fingerprint density at radius 2 is 1.62 bits per heavy atom. The van der Waals surface area contributed by atoms with Crippen LogP contribution in [0.15, 0.2) is 54.6 Å². The van der Waals surface area contributed by atoms with Gasteiger partial charge in [0.05, 0.1) is 12.3 Å². The van der Waals surface area contributed by atoms with Gasteiger partial charge in [0.25, 0.3) is 0 Å². The number of rotatable bonds is 4. The van der Waals surface area contributed by atoms with E-state index in [0.29, 0.717) is 26.7 Å². The smallest absolute Gasteiger partial charge is 0.390 e. The zero-order chi connectivity index (χ0) is 18.9. The molecular weight excluding hydrogens is 386 g/mol. The second kappa shape index (κ2) is 7.35. The van der Waals surface area contributed by atoms with Crippen LogP contribution in [0, 0.1) is 0 Å². The number of aliphatic hydroxyl groups is 1. The van der Waals surface area contributed by atoms with Crippen molar-refractivity contribution in [2.75, 3.05) is 0 Å². The summed E-state index contributed by atoms with van der Waals surface area (Å²) in [6, 6.07) is 14.1. The highest BCUT2D eigenvalue weighted by molar-refractivity contribution is 6.30. The second-order valence-electron chi connectivity index (χ2n) is 5.77. The van der Waals surface area contributed by atoms with Gasteiger partial charge in [0.2, 0.25) is 0 Å². The van der Waals surface area contributed by atoms with Crippen LogP contribution in [0.3, 0.4) is 0 Å². The minimum Gasteiger partial charge on any atom is -0.390 e. The predicted molar refractivity (Wildman–Crippen MR) is 96.4 cm³/mol. The zero-order valence-electron chi connectivity index (χ0n) is 13.4. The number of hydrogen-bond donors (Lipinski definition) is 1. The summed E-state index contributed by atoms with van der Waals surface area (Å²) in [5, 5.41) is 10.7. The lowest BCUT2D eigenvalue weighted by Gasteiger charge is -2.15. The number of halogens is 5. The van der Waals surface area contributed by atoms with Crippen molar-refractivity contribution in [2.24, 2.45) is 0 Å². The van der Waals surface area contributed by atoms with Crippen LogP contribution < -0.4 is 0 Å². The second-order valence-corrected chi connectivity index (χ2v) is 6.64. The first-order valence-corrected chi connectivity index (χ1v) is 8.46. The molecule has 1 N–H and O–H groups in total. The number of benzene rings is 2. The van der Waals surface area contributed by atoms with Gasteiger partial charge < -0.3 is 9.67 Å². The van der Waals surface area contributed by atoms with Gasteiger partial charge in [0.15, 0.2) is 0 Å². The highest BCUT2D eigenvalue weighted by atomic mass is 35.5. The normalized spacial score (nSPS) is 11.8. The first-order chi connectivity index (χ1) is 12.3. The summed E-state index contributed by atoms with van der Waals surface area (Å²) in [6.07, 6.45) is -4.56. The largest absolute Gasteiger partial charge is 0.431 e. The van der Waals surface area contributed by atoms with Gasteiger partial charge in [0.1, 0.15) is 5.69 Å². The van der Waals surface area contributed by atoms with Crippen molar-refractivity contribution >= 4 is 23.2 Å². The predicted octanol–water partition coefficient (Wildman–Crippen LogP) is 6.02. The van der Waals surface area contributed by atoms with Crippen molar-refractivity contribution < 1.29 is 18.3 Å². The summed E-state index contributed by atoms with van der Waals surface area (Å²) in [4.78, 5) is 0. The van der Waals surface area contributed by atoms with E-state index in [0.717, 1.165) is 10.6 Å². The number of aliphatic hydroxyl groups excluding tert-OH is 1. The molecule has 0 saturated carbocycles.